The minimum absolute atomic E-state index is 0.0143. The minimum Gasteiger partial charge on any atom is -0.490 e. The highest BCUT2D eigenvalue weighted by atomic mass is 32.2. The van der Waals surface area contributed by atoms with Crippen LogP contribution in [0.1, 0.15) is 43.4 Å². The minimum atomic E-state index is -3.55. The molecule has 1 saturated heterocycles. The molecule has 3 rings (SSSR count). The molecule has 0 aliphatic carbocycles. The van der Waals surface area contributed by atoms with E-state index in [4.69, 9.17) is 9.47 Å². The van der Waals surface area contributed by atoms with Gasteiger partial charge in [-0.25, -0.2) is 8.42 Å². The zero-order valence-corrected chi connectivity index (χ0v) is 21.4. The molecule has 186 valence electrons. The van der Waals surface area contributed by atoms with Gasteiger partial charge >= 0.3 is 0 Å². The molecule has 2 aromatic carbocycles. The Morgan fingerprint density at radius 3 is 2.32 bits per heavy atom. The fraction of sp³-hybridized carbons (Fsp3) is 0.500. The maximum absolute atomic E-state index is 13.1. The van der Waals surface area contributed by atoms with Crippen LogP contribution in [0.5, 0.6) is 11.5 Å². The highest BCUT2D eigenvalue weighted by Crippen LogP contribution is 2.29. The van der Waals surface area contributed by atoms with Gasteiger partial charge in [0.1, 0.15) is 0 Å². The zero-order valence-electron chi connectivity index (χ0n) is 20.6. The highest BCUT2D eigenvalue weighted by molar-refractivity contribution is 7.89. The van der Waals surface area contributed by atoms with Crippen molar-refractivity contribution in [3.63, 3.8) is 0 Å². The van der Waals surface area contributed by atoms with Crippen LogP contribution in [0.3, 0.4) is 0 Å². The third-order valence-corrected chi connectivity index (χ3v) is 8.15. The van der Waals surface area contributed by atoms with Gasteiger partial charge in [0.2, 0.25) is 15.9 Å². The van der Waals surface area contributed by atoms with Gasteiger partial charge in [-0.1, -0.05) is 23.8 Å². The van der Waals surface area contributed by atoms with E-state index >= 15 is 0 Å². The monoisotopic (exact) mass is 488 g/mol. The lowest BCUT2D eigenvalue weighted by Gasteiger charge is -2.31. The quantitative estimate of drug-likeness (QED) is 0.549. The van der Waals surface area contributed by atoms with Crippen molar-refractivity contribution in [2.75, 3.05) is 32.8 Å². The number of aryl methyl sites for hydroxylation is 2. The van der Waals surface area contributed by atoms with E-state index in [1.165, 1.54) is 4.31 Å². The maximum atomic E-state index is 13.1. The molecule has 0 aromatic heterocycles. The van der Waals surface area contributed by atoms with Crippen LogP contribution >= 0.6 is 0 Å². The third-order valence-electron chi connectivity index (χ3n) is 6.09. The summed E-state index contributed by atoms with van der Waals surface area (Å²) in [5.74, 6) is 1.25. The molecule has 7 nitrogen and oxygen atoms in total. The number of piperidine rings is 1. The molecule has 1 aliphatic heterocycles. The second-order valence-corrected chi connectivity index (χ2v) is 10.5. The van der Waals surface area contributed by atoms with E-state index < -0.39 is 10.0 Å². The van der Waals surface area contributed by atoms with Crippen molar-refractivity contribution < 1.29 is 22.7 Å². The zero-order chi connectivity index (χ0) is 24.7. The smallest absolute Gasteiger partial charge is 0.243 e. The van der Waals surface area contributed by atoms with Gasteiger partial charge < -0.3 is 14.8 Å². The Morgan fingerprint density at radius 1 is 1.00 bits per heavy atom. The topological polar surface area (TPSA) is 84.9 Å². The van der Waals surface area contributed by atoms with E-state index in [9.17, 15) is 13.2 Å². The van der Waals surface area contributed by atoms with Crippen LogP contribution in [-0.2, 0) is 21.2 Å². The number of rotatable bonds is 10. The van der Waals surface area contributed by atoms with Crippen molar-refractivity contribution >= 4 is 15.9 Å². The largest absolute Gasteiger partial charge is 0.490 e. The van der Waals surface area contributed by atoms with Gasteiger partial charge in [0.05, 0.1) is 18.1 Å². The second-order valence-electron chi connectivity index (χ2n) is 8.64. The Bertz CT molecular complexity index is 1090. The van der Waals surface area contributed by atoms with E-state index in [1.54, 1.807) is 6.07 Å². The summed E-state index contributed by atoms with van der Waals surface area (Å²) in [6.07, 6.45) is 1.72. The number of sulfonamides is 1. The maximum Gasteiger partial charge on any atom is 0.243 e. The average Bonchev–Trinajstić information content (AvgIpc) is 2.80. The number of hydrogen-bond acceptors (Lipinski definition) is 5. The summed E-state index contributed by atoms with van der Waals surface area (Å²) >= 11 is 0. The molecule has 0 atom stereocenters. The SMILES string of the molecule is CCOc1ccc(CCNC(=O)C2CCN(S(=O)(=O)c3ccc(C)cc3C)CC2)cc1OCC. The molecule has 1 fully saturated rings. The van der Waals surface area contributed by atoms with E-state index in [2.05, 4.69) is 5.32 Å². The molecule has 0 radical (unpaired) electrons. The molecule has 2 aromatic rings. The average molecular weight is 489 g/mol. The van der Waals surface area contributed by atoms with Gasteiger partial charge in [0.25, 0.3) is 0 Å². The Labute approximate surface area is 203 Å². The Hall–Kier alpha value is -2.58. The summed E-state index contributed by atoms with van der Waals surface area (Å²) in [5.41, 5.74) is 2.84. The first-order valence-corrected chi connectivity index (χ1v) is 13.4. The fourth-order valence-corrected chi connectivity index (χ4v) is 5.99. The summed E-state index contributed by atoms with van der Waals surface area (Å²) in [5, 5.41) is 3.01. The molecule has 34 heavy (non-hydrogen) atoms. The molecule has 1 heterocycles. The van der Waals surface area contributed by atoms with Crippen LogP contribution in [0.4, 0.5) is 0 Å². The van der Waals surface area contributed by atoms with Crippen molar-refractivity contribution in [1.29, 1.82) is 0 Å². The molecule has 1 amide bonds. The van der Waals surface area contributed by atoms with Crippen LogP contribution in [0.25, 0.3) is 0 Å². The molecule has 1 N–H and O–H groups in total. The van der Waals surface area contributed by atoms with Crippen molar-refractivity contribution in [3.05, 3.63) is 53.1 Å². The summed E-state index contributed by atoms with van der Waals surface area (Å²) in [6.45, 7) is 9.97. The lowest BCUT2D eigenvalue weighted by atomic mass is 9.97. The Kier molecular flexibility index (Phi) is 8.97. The number of amides is 1. The van der Waals surface area contributed by atoms with Gasteiger partial charge in [-0.05, 0) is 76.3 Å². The lowest BCUT2D eigenvalue weighted by Crippen LogP contribution is -2.43. The first kappa shape index (κ1) is 26.0. The Balaban J connectivity index is 1.51. The van der Waals surface area contributed by atoms with Crippen LogP contribution in [0.15, 0.2) is 41.3 Å². The van der Waals surface area contributed by atoms with Crippen molar-refractivity contribution in [1.82, 2.24) is 9.62 Å². The molecule has 0 saturated carbocycles. The van der Waals surface area contributed by atoms with Crippen LogP contribution in [-0.4, -0.2) is 51.5 Å². The highest BCUT2D eigenvalue weighted by Gasteiger charge is 2.32. The summed E-state index contributed by atoms with van der Waals surface area (Å²) in [6, 6.07) is 11.2. The van der Waals surface area contributed by atoms with Gasteiger partial charge in [0, 0.05) is 25.6 Å². The number of benzene rings is 2. The van der Waals surface area contributed by atoms with Gasteiger partial charge in [-0.3, -0.25) is 4.79 Å². The van der Waals surface area contributed by atoms with Crippen molar-refractivity contribution in [2.24, 2.45) is 5.92 Å². The van der Waals surface area contributed by atoms with Gasteiger partial charge in [0.15, 0.2) is 11.5 Å². The van der Waals surface area contributed by atoms with E-state index in [0.29, 0.717) is 62.8 Å². The first-order valence-electron chi connectivity index (χ1n) is 12.0. The fourth-order valence-electron chi connectivity index (χ4n) is 4.31. The van der Waals surface area contributed by atoms with Crippen molar-refractivity contribution in [2.45, 2.75) is 51.9 Å². The van der Waals surface area contributed by atoms with E-state index in [-0.39, 0.29) is 11.8 Å². The number of carbonyl (C=O) groups excluding carboxylic acids is 1. The van der Waals surface area contributed by atoms with E-state index in [0.717, 1.165) is 22.4 Å². The number of nitrogens with one attached hydrogen (secondary N) is 1. The predicted octanol–water partition coefficient (Wildman–Crippen LogP) is 3.86. The molecule has 0 bridgehead atoms. The van der Waals surface area contributed by atoms with Gasteiger partial charge in [-0.15, -0.1) is 0 Å². The molecule has 0 unspecified atom stereocenters. The summed E-state index contributed by atoms with van der Waals surface area (Å²) in [4.78, 5) is 13.0. The molecule has 1 aliphatic rings. The third kappa shape index (κ3) is 6.30. The normalized spacial score (nSPS) is 15.2. The van der Waals surface area contributed by atoms with Crippen LogP contribution in [0, 0.1) is 19.8 Å². The number of ether oxygens (including phenoxy) is 2. The second kappa shape index (κ2) is 11.7. The van der Waals surface area contributed by atoms with Gasteiger partial charge in [-0.2, -0.15) is 4.31 Å². The summed E-state index contributed by atoms with van der Waals surface area (Å²) < 4.78 is 38.9. The number of nitrogens with zero attached hydrogens (tertiary/aromatic N) is 1. The first-order chi connectivity index (χ1) is 16.3. The lowest BCUT2D eigenvalue weighted by molar-refractivity contribution is -0.126. The molecular weight excluding hydrogens is 452 g/mol. The number of carbonyl (C=O) groups is 1. The van der Waals surface area contributed by atoms with Crippen molar-refractivity contribution in [3.8, 4) is 11.5 Å². The summed E-state index contributed by atoms with van der Waals surface area (Å²) in [7, 11) is -3.55. The predicted molar refractivity (Wildman–Crippen MR) is 133 cm³/mol. The van der Waals surface area contributed by atoms with Crippen LogP contribution < -0.4 is 14.8 Å². The molecular formula is C26H36N2O5S. The van der Waals surface area contributed by atoms with Crippen LogP contribution in [0.2, 0.25) is 0 Å². The molecule has 0 spiro atoms. The molecule has 8 heteroatoms. The standard InChI is InChI=1S/C26H36N2O5S/c1-5-32-23-9-8-21(18-24(23)33-6-2)11-14-27-26(29)22-12-15-28(16-13-22)34(30,31)25-10-7-19(3)17-20(25)4/h7-10,17-18,22H,5-6,11-16H2,1-4H3,(H,27,29). The van der Waals surface area contributed by atoms with E-state index in [1.807, 2.05) is 58.0 Å². The Morgan fingerprint density at radius 2 is 1.68 bits per heavy atom. The number of hydrogen-bond donors (Lipinski definition) is 1.